The minimum Gasteiger partial charge on any atom is -0.453 e. The van der Waals surface area contributed by atoms with Crippen LogP contribution >= 0.6 is 0 Å². The van der Waals surface area contributed by atoms with E-state index in [9.17, 15) is 23.6 Å². The first-order chi connectivity index (χ1) is 23.4. The third-order valence-electron chi connectivity index (χ3n) is 8.53. The number of halogens is 3. The Hall–Kier alpha value is -4.68. The van der Waals surface area contributed by atoms with E-state index in [1.165, 1.54) is 16.7 Å². The van der Waals surface area contributed by atoms with Gasteiger partial charge in [0.1, 0.15) is 35.5 Å². The van der Waals surface area contributed by atoms with Gasteiger partial charge in [-0.25, -0.2) is 22.9 Å². The van der Waals surface area contributed by atoms with Crippen molar-refractivity contribution in [2.45, 2.75) is 85.4 Å². The lowest BCUT2D eigenvalue weighted by molar-refractivity contribution is -0.161. The predicted molar refractivity (Wildman–Crippen MR) is 179 cm³/mol. The Kier molecular flexibility index (Phi) is 11.8. The molecule has 0 N–H and O–H groups in total. The number of benzene rings is 2. The van der Waals surface area contributed by atoms with Crippen molar-refractivity contribution in [3.05, 3.63) is 77.8 Å². The van der Waals surface area contributed by atoms with E-state index in [0.717, 1.165) is 30.7 Å². The van der Waals surface area contributed by atoms with Gasteiger partial charge in [0.2, 0.25) is 0 Å². The summed E-state index contributed by atoms with van der Waals surface area (Å²) in [6.45, 7) is 10.7. The number of hydrogen-bond donors (Lipinski definition) is 0. The van der Waals surface area contributed by atoms with Crippen molar-refractivity contribution < 1.29 is 41.8 Å². The highest BCUT2D eigenvalue weighted by Crippen LogP contribution is 2.43. The van der Waals surface area contributed by atoms with Crippen LogP contribution in [-0.4, -0.2) is 81.1 Å². The summed E-state index contributed by atoms with van der Waals surface area (Å²) in [5, 5.41) is 0. The molecule has 0 aliphatic carbocycles. The summed E-state index contributed by atoms with van der Waals surface area (Å²) in [5.74, 6) is -3.52. The second-order valence-electron chi connectivity index (χ2n) is 14.4. The van der Waals surface area contributed by atoms with E-state index in [1.54, 1.807) is 45.4 Å². The third-order valence-corrected chi connectivity index (χ3v) is 8.53. The summed E-state index contributed by atoms with van der Waals surface area (Å²) in [6, 6.07) is 11.1. The molecule has 13 heteroatoms. The number of hydrogen-bond acceptors (Lipinski definition) is 7. The van der Waals surface area contributed by atoms with Gasteiger partial charge in [-0.1, -0.05) is 44.2 Å². The lowest BCUT2D eigenvalue weighted by Crippen LogP contribution is -2.50. The van der Waals surface area contributed by atoms with Gasteiger partial charge < -0.3 is 28.6 Å². The van der Waals surface area contributed by atoms with Crippen molar-refractivity contribution in [3.8, 4) is 11.3 Å². The molecule has 50 heavy (non-hydrogen) atoms. The first kappa shape index (κ1) is 38.1. The Bertz CT molecular complexity index is 1690. The van der Waals surface area contributed by atoms with Gasteiger partial charge in [-0.15, -0.1) is 0 Å². The molecule has 2 heterocycles. The first-order valence-corrected chi connectivity index (χ1v) is 16.5. The quantitative estimate of drug-likeness (QED) is 0.157. The molecule has 2 aromatic carbocycles. The van der Waals surface area contributed by atoms with Crippen molar-refractivity contribution in [1.82, 2.24) is 19.4 Å². The van der Waals surface area contributed by atoms with Crippen LogP contribution in [0.1, 0.15) is 72.3 Å². The number of amides is 2. The summed E-state index contributed by atoms with van der Waals surface area (Å²) in [4.78, 5) is 58.8. The van der Waals surface area contributed by atoms with Crippen LogP contribution in [0, 0.1) is 23.0 Å². The Morgan fingerprint density at radius 3 is 2.36 bits per heavy atom. The van der Waals surface area contributed by atoms with Gasteiger partial charge in [0, 0.05) is 50.7 Å². The highest BCUT2D eigenvalue weighted by molar-refractivity contribution is 5.83. The second kappa shape index (κ2) is 15.5. The SMILES string of the molecule is CC(=O)O[C@@H](C)C(=O)N(C[C@@H]1CN(C(=O)OC(C)(C)C)C[C@@H]1F)C(c1nc(-c2cc(F)ccc2F)cn1Cc1ccccc1)C(C)(C)CC=O. The van der Waals surface area contributed by atoms with Crippen molar-refractivity contribution in [2.75, 3.05) is 19.6 Å². The molecule has 0 bridgehead atoms. The molecular formula is C37H45F3N4O6. The topological polar surface area (TPSA) is 111 Å². The minimum absolute atomic E-state index is 0.0700. The van der Waals surface area contributed by atoms with Crippen LogP contribution in [0.25, 0.3) is 11.3 Å². The average Bonchev–Trinajstić information content (AvgIpc) is 3.59. The normalized spacial score (nSPS) is 17.6. The number of esters is 1. The van der Waals surface area contributed by atoms with Crippen molar-refractivity contribution in [1.29, 1.82) is 0 Å². The van der Waals surface area contributed by atoms with Gasteiger partial charge in [0.05, 0.1) is 18.3 Å². The van der Waals surface area contributed by atoms with Crippen molar-refractivity contribution >= 4 is 24.3 Å². The number of carbonyl (C=O) groups is 4. The van der Waals surface area contributed by atoms with Gasteiger partial charge in [-0.05, 0) is 56.9 Å². The standard InChI is InChI=1S/C37H45F3N4O6/c1-23(49-24(2)46)34(47)44(20-26-19-43(21-30(26)40)35(48)50-36(3,4)5)32(37(6,7)15-16-45)33-41-31(28-17-27(38)13-14-29(28)39)22-42(33)18-25-11-9-8-10-12-25/h8-14,16-17,22-23,26,30,32H,15,18-21H2,1-7H3/t23-,26-,30-,32?/m0/s1. The molecule has 2 amide bonds. The van der Waals surface area contributed by atoms with Crippen LogP contribution in [0.2, 0.25) is 0 Å². The lowest BCUT2D eigenvalue weighted by atomic mass is 9.79. The zero-order chi connectivity index (χ0) is 37.0. The molecule has 1 unspecified atom stereocenters. The molecule has 270 valence electrons. The number of alkyl halides is 1. The molecule has 4 rings (SSSR count). The molecule has 1 saturated heterocycles. The van der Waals surface area contributed by atoms with E-state index < -0.39 is 64.9 Å². The van der Waals surface area contributed by atoms with Gasteiger partial charge in [-0.3, -0.25) is 9.59 Å². The molecule has 0 saturated carbocycles. The predicted octanol–water partition coefficient (Wildman–Crippen LogP) is 6.52. The molecule has 0 radical (unpaired) electrons. The fourth-order valence-corrected chi connectivity index (χ4v) is 6.20. The zero-order valence-corrected chi connectivity index (χ0v) is 29.5. The maximum absolute atomic E-state index is 15.8. The molecule has 1 aliphatic heterocycles. The molecule has 1 fully saturated rings. The molecular weight excluding hydrogens is 653 g/mol. The van der Waals surface area contributed by atoms with Gasteiger partial charge in [0.15, 0.2) is 6.10 Å². The number of likely N-dealkylation sites (tertiary alicyclic amines) is 1. The Morgan fingerprint density at radius 2 is 1.74 bits per heavy atom. The summed E-state index contributed by atoms with van der Waals surface area (Å²) >= 11 is 0. The average molecular weight is 699 g/mol. The summed E-state index contributed by atoms with van der Waals surface area (Å²) in [6.07, 6.45) is -1.43. The van der Waals surface area contributed by atoms with Crippen LogP contribution in [-0.2, 0) is 30.4 Å². The van der Waals surface area contributed by atoms with Crippen LogP contribution in [0.15, 0.2) is 54.7 Å². The van der Waals surface area contributed by atoms with E-state index >= 15 is 8.78 Å². The maximum Gasteiger partial charge on any atom is 0.410 e. The smallest absolute Gasteiger partial charge is 0.410 e. The third kappa shape index (κ3) is 9.30. The van der Waals surface area contributed by atoms with Gasteiger partial charge in [-0.2, -0.15) is 0 Å². The number of aromatic nitrogens is 2. The highest BCUT2D eigenvalue weighted by atomic mass is 19.1. The zero-order valence-electron chi connectivity index (χ0n) is 29.5. The van der Waals surface area contributed by atoms with Crippen LogP contribution in [0.3, 0.4) is 0 Å². The van der Waals surface area contributed by atoms with E-state index in [1.807, 2.05) is 30.3 Å². The Labute approximate surface area is 290 Å². The van der Waals surface area contributed by atoms with Crippen molar-refractivity contribution in [2.24, 2.45) is 11.3 Å². The maximum atomic E-state index is 15.8. The first-order valence-electron chi connectivity index (χ1n) is 16.5. The van der Waals surface area contributed by atoms with Crippen LogP contribution in [0.5, 0.6) is 0 Å². The number of ether oxygens (including phenoxy) is 2. The number of carbonyl (C=O) groups excluding carboxylic acids is 4. The fourth-order valence-electron chi connectivity index (χ4n) is 6.20. The summed E-state index contributed by atoms with van der Waals surface area (Å²) in [5.41, 5.74) is -1.13. The number of aldehydes is 1. The summed E-state index contributed by atoms with van der Waals surface area (Å²) in [7, 11) is 0. The van der Waals surface area contributed by atoms with Crippen molar-refractivity contribution in [3.63, 3.8) is 0 Å². The van der Waals surface area contributed by atoms with Gasteiger partial charge >= 0.3 is 12.1 Å². The van der Waals surface area contributed by atoms with Crippen LogP contribution in [0.4, 0.5) is 18.0 Å². The van der Waals surface area contributed by atoms with Gasteiger partial charge in [0.25, 0.3) is 5.91 Å². The van der Waals surface area contributed by atoms with E-state index in [4.69, 9.17) is 14.5 Å². The highest BCUT2D eigenvalue weighted by Gasteiger charge is 2.46. The molecule has 1 aliphatic rings. The number of imidazole rings is 1. The Morgan fingerprint density at radius 1 is 1.06 bits per heavy atom. The van der Waals surface area contributed by atoms with E-state index in [0.29, 0.717) is 6.29 Å². The fraction of sp³-hybridized carbons (Fsp3) is 0.486. The number of rotatable bonds is 12. The monoisotopic (exact) mass is 698 g/mol. The largest absolute Gasteiger partial charge is 0.453 e. The second-order valence-corrected chi connectivity index (χ2v) is 14.4. The van der Waals surface area contributed by atoms with Crippen LogP contribution < -0.4 is 0 Å². The van der Waals surface area contributed by atoms with E-state index in [2.05, 4.69) is 0 Å². The number of nitrogens with zero attached hydrogens (tertiary/aromatic N) is 4. The molecule has 4 atom stereocenters. The van der Waals surface area contributed by atoms with E-state index in [-0.39, 0.29) is 49.7 Å². The molecule has 1 aromatic heterocycles. The molecule has 3 aromatic rings. The molecule has 10 nitrogen and oxygen atoms in total. The summed E-state index contributed by atoms with van der Waals surface area (Å²) < 4.78 is 57.8. The minimum atomic E-state index is -1.56. The lowest BCUT2D eigenvalue weighted by Gasteiger charge is -2.43. The Balaban J connectivity index is 1.90. The molecule has 0 spiro atoms.